The first kappa shape index (κ1) is 10.9. The number of rotatable bonds is 2. The van der Waals surface area contributed by atoms with Crippen LogP contribution < -0.4 is 0 Å². The Bertz CT molecular complexity index is 424. The molecule has 0 N–H and O–H groups in total. The summed E-state index contributed by atoms with van der Waals surface area (Å²) in [6.07, 6.45) is 6.59. The zero-order valence-electron chi connectivity index (χ0n) is 9.89. The van der Waals surface area contributed by atoms with Gasteiger partial charge in [0.05, 0.1) is 11.6 Å². The lowest BCUT2D eigenvalue weighted by Crippen LogP contribution is -2.29. The Morgan fingerprint density at radius 3 is 3.12 bits per heavy atom. The average Bonchev–Trinajstić information content (AvgIpc) is 2.91. The number of ketones is 1. The molecule has 0 aromatic carbocycles. The Kier molecular flexibility index (Phi) is 2.93. The average molecular weight is 231 g/mol. The number of carbonyl (C=O) groups is 1. The fourth-order valence-corrected chi connectivity index (χ4v) is 2.91. The Hall–Kier alpha value is -1.22. The van der Waals surface area contributed by atoms with E-state index in [-0.39, 0.29) is 17.8 Å². The molecule has 90 valence electrons. The third kappa shape index (κ3) is 2.00. The van der Waals surface area contributed by atoms with E-state index in [0.717, 1.165) is 44.4 Å². The number of aryl methyl sites for hydroxylation is 1. The number of ether oxygens (including phenoxy) is 1. The van der Waals surface area contributed by atoms with Crippen molar-refractivity contribution < 1.29 is 9.53 Å². The molecule has 2 atom stereocenters. The number of carbonyl (C=O) groups excluding carboxylic acids is 1. The van der Waals surface area contributed by atoms with Gasteiger partial charge >= 0.3 is 0 Å². The van der Waals surface area contributed by atoms with Crippen LogP contribution in [-0.4, -0.2) is 23.5 Å². The highest BCUT2D eigenvalue weighted by Crippen LogP contribution is 2.33. The summed E-state index contributed by atoms with van der Waals surface area (Å²) in [4.78, 5) is 16.8. The van der Waals surface area contributed by atoms with Crippen molar-refractivity contribution in [1.29, 1.82) is 0 Å². The van der Waals surface area contributed by atoms with E-state index < -0.39 is 0 Å². The molecule has 2 unspecified atom stereocenters. The summed E-state index contributed by atoms with van der Waals surface area (Å²) in [5.41, 5.74) is 2.24. The van der Waals surface area contributed by atoms with Crippen molar-refractivity contribution in [3.05, 3.63) is 29.6 Å². The predicted molar refractivity (Wildman–Crippen MR) is 63.9 cm³/mol. The van der Waals surface area contributed by atoms with Crippen LogP contribution in [0.4, 0.5) is 0 Å². The van der Waals surface area contributed by atoms with Gasteiger partial charge in [0.2, 0.25) is 0 Å². The fourth-order valence-electron chi connectivity index (χ4n) is 2.91. The van der Waals surface area contributed by atoms with Gasteiger partial charge in [-0.25, -0.2) is 0 Å². The maximum absolute atomic E-state index is 12.4. The second-order valence-corrected chi connectivity index (χ2v) is 4.90. The van der Waals surface area contributed by atoms with Crippen molar-refractivity contribution in [1.82, 2.24) is 4.98 Å². The minimum absolute atomic E-state index is 0.0250. The van der Waals surface area contributed by atoms with Gasteiger partial charge in [0.25, 0.3) is 0 Å². The molecule has 0 spiro atoms. The summed E-state index contributed by atoms with van der Waals surface area (Å²) in [6, 6.07) is 4.05. The van der Waals surface area contributed by atoms with Crippen molar-refractivity contribution in [3.8, 4) is 0 Å². The van der Waals surface area contributed by atoms with Crippen molar-refractivity contribution in [2.45, 2.75) is 44.1 Å². The van der Waals surface area contributed by atoms with Crippen LogP contribution in [0.1, 0.15) is 42.9 Å². The minimum atomic E-state index is -0.173. The molecule has 1 saturated heterocycles. The van der Waals surface area contributed by atoms with E-state index >= 15 is 0 Å². The monoisotopic (exact) mass is 231 g/mol. The van der Waals surface area contributed by atoms with Crippen LogP contribution >= 0.6 is 0 Å². The number of hydrogen-bond acceptors (Lipinski definition) is 3. The molecular formula is C14H17NO2. The molecule has 0 radical (unpaired) electrons. The van der Waals surface area contributed by atoms with E-state index in [1.54, 1.807) is 6.20 Å². The van der Waals surface area contributed by atoms with Crippen LogP contribution in [0.3, 0.4) is 0 Å². The van der Waals surface area contributed by atoms with Gasteiger partial charge in [-0.3, -0.25) is 9.78 Å². The van der Waals surface area contributed by atoms with Crippen molar-refractivity contribution in [2.24, 2.45) is 0 Å². The van der Waals surface area contributed by atoms with E-state index in [4.69, 9.17) is 4.74 Å². The van der Waals surface area contributed by atoms with E-state index in [2.05, 4.69) is 11.1 Å². The Morgan fingerprint density at radius 2 is 2.29 bits per heavy atom. The van der Waals surface area contributed by atoms with E-state index in [1.807, 2.05) is 6.07 Å². The number of hydrogen-bond donors (Lipinski definition) is 0. The summed E-state index contributed by atoms with van der Waals surface area (Å²) in [6.45, 7) is 0.734. The van der Waals surface area contributed by atoms with Gasteiger partial charge in [0.1, 0.15) is 6.10 Å². The predicted octanol–water partition coefficient (Wildman–Crippen LogP) is 2.25. The molecule has 17 heavy (non-hydrogen) atoms. The Balaban J connectivity index is 1.86. The summed E-state index contributed by atoms with van der Waals surface area (Å²) < 4.78 is 5.51. The number of Topliss-reactive ketones (excluding diaryl/α,β-unsaturated/α-hetero) is 1. The zero-order valence-corrected chi connectivity index (χ0v) is 9.89. The Labute approximate surface area is 101 Å². The molecule has 0 saturated carbocycles. The van der Waals surface area contributed by atoms with Crippen molar-refractivity contribution in [2.75, 3.05) is 6.61 Å². The van der Waals surface area contributed by atoms with Crippen LogP contribution in [0, 0.1) is 0 Å². The molecule has 3 heteroatoms. The van der Waals surface area contributed by atoms with Gasteiger partial charge < -0.3 is 4.74 Å². The Morgan fingerprint density at radius 1 is 1.35 bits per heavy atom. The third-order valence-corrected chi connectivity index (χ3v) is 3.79. The second kappa shape index (κ2) is 4.57. The topological polar surface area (TPSA) is 39.2 Å². The van der Waals surface area contributed by atoms with Crippen molar-refractivity contribution in [3.63, 3.8) is 0 Å². The second-order valence-electron chi connectivity index (χ2n) is 4.90. The first-order chi connectivity index (χ1) is 8.36. The minimum Gasteiger partial charge on any atom is -0.370 e. The van der Waals surface area contributed by atoms with E-state index in [9.17, 15) is 4.79 Å². The largest absolute Gasteiger partial charge is 0.370 e. The van der Waals surface area contributed by atoms with Crippen LogP contribution in [0.5, 0.6) is 0 Å². The van der Waals surface area contributed by atoms with Crippen LogP contribution in [0.15, 0.2) is 18.3 Å². The highest BCUT2D eigenvalue weighted by molar-refractivity contribution is 5.90. The van der Waals surface area contributed by atoms with Gasteiger partial charge in [-0.05, 0) is 43.7 Å². The summed E-state index contributed by atoms with van der Waals surface area (Å²) in [7, 11) is 0. The first-order valence-corrected chi connectivity index (χ1v) is 6.45. The standard InChI is InChI=1S/C14H17NO2/c16-14(12-7-3-9-17-12)11-6-1-4-10-5-2-8-15-13(10)11/h2,5,8,11-12H,1,3-4,6-7,9H2. The first-order valence-electron chi connectivity index (χ1n) is 6.45. The molecule has 3 nitrogen and oxygen atoms in total. The third-order valence-electron chi connectivity index (χ3n) is 3.79. The molecule has 3 rings (SSSR count). The van der Waals surface area contributed by atoms with E-state index in [1.165, 1.54) is 5.56 Å². The van der Waals surface area contributed by atoms with Crippen LogP contribution in [0.2, 0.25) is 0 Å². The van der Waals surface area contributed by atoms with Gasteiger partial charge in [-0.1, -0.05) is 6.07 Å². The zero-order chi connectivity index (χ0) is 11.7. The van der Waals surface area contributed by atoms with E-state index in [0.29, 0.717) is 0 Å². The molecule has 0 bridgehead atoms. The highest BCUT2D eigenvalue weighted by Gasteiger charge is 2.34. The van der Waals surface area contributed by atoms with Gasteiger partial charge in [0, 0.05) is 12.8 Å². The quantitative estimate of drug-likeness (QED) is 0.783. The molecule has 2 aliphatic rings. The summed E-state index contributed by atoms with van der Waals surface area (Å²) >= 11 is 0. The highest BCUT2D eigenvalue weighted by atomic mass is 16.5. The van der Waals surface area contributed by atoms with Gasteiger partial charge in [-0.2, -0.15) is 0 Å². The lowest BCUT2D eigenvalue weighted by molar-refractivity contribution is -0.129. The maximum Gasteiger partial charge on any atom is 0.170 e. The number of nitrogens with zero attached hydrogens (tertiary/aromatic N) is 1. The smallest absolute Gasteiger partial charge is 0.170 e. The van der Waals surface area contributed by atoms with Gasteiger partial charge in [-0.15, -0.1) is 0 Å². The SMILES string of the molecule is O=C(C1CCCO1)C1CCCc2cccnc21. The molecule has 1 aliphatic carbocycles. The molecule has 1 aromatic rings. The number of aromatic nitrogens is 1. The lowest BCUT2D eigenvalue weighted by Gasteiger charge is -2.24. The van der Waals surface area contributed by atoms with Crippen LogP contribution in [0.25, 0.3) is 0 Å². The summed E-state index contributed by atoms with van der Waals surface area (Å²) in [5, 5.41) is 0. The number of pyridine rings is 1. The van der Waals surface area contributed by atoms with Crippen LogP contribution in [-0.2, 0) is 16.0 Å². The molecule has 1 aliphatic heterocycles. The normalized spacial score (nSPS) is 27.8. The van der Waals surface area contributed by atoms with Crippen molar-refractivity contribution >= 4 is 5.78 Å². The molecule has 2 heterocycles. The molecular weight excluding hydrogens is 214 g/mol. The molecule has 1 aromatic heterocycles. The van der Waals surface area contributed by atoms with Gasteiger partial charge in [0.15, 0.2) is 5.78 Å². The summed E-state index contributed by atoms with van der Waals surface area (Å²) in [5.74, 6) is 0.227. The lowest BCUT2D eigenvalue weighted by atomic mass is 9.82. The maximum atomic E-state index is 12.4. The molecule has 0 amide bonds. The number of fused-ring (bicyclic) bond motifs is 1. The molecule has 1 fully saturated rings. The fraction of sp³-hybridized carbons (Fsp3) is 0.571.